The van der Waals surface area contributed by atoms with Crippen LogP contribution in [0.1, 0.15) is 52.0 Å². The average Bonchev–Trinajstić information content (AvgIpc) is 2.45. The van der Waals surface area contributed by atoms with Crippen LogP contribution in [-0.4, -0.2) is 37.1 Å². The molecule has 0 aromatic heterocycles. The summed E-state index contributed by atoms with van der Waals surface area (Å²) in [6, 6.07) is 9.24. The zero-order valence-electron chi connectivity index (χ0n) is 14.9. The first-order valence-electron chi connectivity index (χ1n) is 8.53. The van der Waals surface area contributed by atoms with Gasteiger partial charge in [-0.2, -0.15) is 12.6 Å². The molecule has 1 aromatic rings. The highest BCUT2D eigenvalue weighted by Crippen LogP contribution is 2.38. The highest BCUT2D eigenvalue weighted by Gasteiger charge is 2.33. The van der Waals surface area contributed by atoms with E-state index in [4.69, 9.17) is 12.6 Å². The van der Waals surface area contributed by atoms with Gasteiger partial charge in [-0.15, -0.1) is 0 Å². The second-order valence-electron chi connectivity index (χ2n) is 8.10. The Morgan fingerprint density at radius 1 is 1.09 bits per heavy atom. The molecule has 1 nitrogen and oxygen atoms in total. The van der Waals surface area contributed by atoms with Gasteiger partial charge >= 0.3 is 0 Å². The van der Waals surface area contributed by atoms with Crippen molar-refractivity contribution in [2.45, 2.75) is 57.5 Å². The number of likely N-dealkylation sites (tertiary alicyclic amines) is 1. The number of benzene rings is 1. The van der Waals surface area contributed by atoms with Crippen LogP contribution in [0, 0.1) is 5.41 Å². The Hall–Kier alpha value is -0.405. The minimum Gasteiger partial charge on any atom is -0.306 e. The van der Waals surface area contributed by atoms with Gasteiger partial charge in [0.1, 0.15) is 0 Å². The molecule has 1 heterocycles. The lowest BCUT2D eigenvalue weighted by atomic mass is 9.56. The highest BCUT2D eigenvalue weighted by molar-refractivity contribution is 7.81. The molecule has 0 unspecified atom stereocenters. The topological polar surface area (TPSA) is 3.24 Å². The van der Waals surface area contributed by atoms with Gasteiger partial charge in [0.15, 0.2) is 7.28 Å². The molecule has 0 atom stereocenters. The molecule has 1 fully saturated rings. The molecule has 0 spiro atoms. The maximum atomic E-state index is 4.75. The molecule has 0 saturated carbocycles. The van der Waals surface area contributed by atoms with E-state index in [1.807, 2.05) is 0 Å². The number of thiol groups is 1. The first kappa shape index (κ1) is 17.9. The maximum absolute atomic E-state index is 4.75. The number of hydrogen-bond acceptors (Lipinski definition) is 2. The summed E-state index contributed by atoms with van der Waals surface area (Å²) in [6.07, 6.45) is 3.64. The van der Waals surface area contributed by atoms with Gasteiger partial charge in [0.2, 0.25) is 0 Å². The minimum atomic E-state index is 0.0254. The van der Waals surface area contributed by atoms with Gasteiger partial charge in [-0.05, 0) is 49.9 Å². The fourth-order valence-corrected chi connectivity index (χ4v) is 2.96. The first-order valence-corrected chi connectivity index (χ1v) is 8.98. The van der Waals surface area contributed by atoms with Gasteiger partial charge in [0.25, 0.3) is 0 Å². The van der Waals surface area contributed by atoms with E-state index >= 15 is 0 Å². The van der Waals surface area contributed by atoms with E-state index in [9.17, 15) is 0 Å². The third-order valence-corrected chi connectivity index (χ3v) is 6.24. The molecule has 121 valence electrons. The molecule has 1 radical (unpaired) electrons. The molecule has 0 N–H and O–H groups in total. The van der Waals surface area contributed by atoms with Crippen LogP contribution in [0.4, 0.5) is 0 Å². The lowest BCUT2D eigenvalue weighted by molar-refractivity contribution is 0.255. The van der Waals surface area contributed by atoms with E-state index in [1.165, 1.54) is 37.0 Å². The fourth-order valence-electron chi connectivity index (χ4n) is 2.87. The Kier molecular flexibility index (Phi) is 5.71. The van der Waals surface area contributed by atoms with Crippen molar-refractivity contribution in [3.8, 4) is 0 Å². The van der Waals surface area contributed by atoms with Crippen LogP contribution in [0.5, 0.6) is 0 Å². The molecule has 0 amide bonds. The Morgan fingerprint density at radius 3 is 2.14 bits per heavy atom. The summed E-state index contributed by atoms with van der Waals surface area (Å²) in [7, 11) is 4.58. The van der Waals surface area contributed by atoms with E-state index in [1.54, 1.807) is 0 Å². The summed E-state index contributed by atoms with van der Waals surface area (Å²) in [5.41, 5.74) is 3.03. The summed E-state index contributed by atoms with van der Waals surface area (Å²) in [4.78, 5) is 2.43. The summed E-state index contributed by atoms with van der Waals surface area (Å²) < 4.78 is 0.0254. The SMILES string of the molecule is CN1CCC(c2ccc([B]CC(C)(C)C(C)(C)S)cc2)CC1. The maximum Gasteiger partial charge on any atom is 0.152 e. The van der Waals surface area contributed by atoms with Crippen LogP contribution in [0.3, 0.4) is 0 Å². The van der Waals surface area contributed by atoms with E-state index in [0.29, 0.717) is 0 Å². The highest BCUT2D eigenvalue weighted by atomic mass is 32.1. The molecule has 0 aliphatic carbocycles. The molecule has 1 saturated heterocycles. The molecular formula is C19H31BNS. The quantitative estimate of drug-likeness (QED) is 0.635. The molecule has 3 heteroatoms. The molecule has 1 aliphatic heterocycles. The average molecular weight is 316 g/mol. The first-order chi connectivity index (χ1) is 10.2. The number of rotatable bonds is 5. The lowest BCUT2D eigenvalue weighted by Crippen LogP contribution is -2.36. The summed E-state index contributed by atoms with van der Waals surface area (Å²) in [6.45, 7) is 11.4. The van der Waals surface area contributed by atoms with Gasteiger partial charge in [0, 0.05) is 4.75 Å². The van der Waals surface area contributed by atoms with Gasteiger partial charge in [0.05, 0.1) is 0 Å². The van der Waals surface area contributed by atoms with Crippen molar-refractivity contribution in [1.29, 1.82) is 0 Å². The zero-order chi connectivity index (χ0) is 16.4. The Bertz CT molecular complexity index is 467. The predicted octanol–water partition coefficient (Wildman–Crippen LogP) is 3.98. The largest absolute Gasteiger partial charge is 0.306 e. The smallest absolute Gasteiger partial charge is 0.152 e. The van der Waals surface area contributed by atoms with Crippen molar-refractivity contribution >= 4 is 25.4 Å². The van der Waals surface area contributed by atoms with E-state index in [-0.39, 0.29) is 10.2 Å². The lowest BCUT2D eigenvalue weighted by Gasteiger charge is -2.38. The van der Waals surface area contributed by atoms with Gasteiger partial charge in [-0.25, -0.2) is 0 Å². The van der Waals surface area contributed by atoms with Crippen molar-refractivity contribution in [3.63, 3.8) is 0 Å². The van der Waals surface area contributed by atoms with Gasteiger partial charge in [-0.3, -0.25) is 0 Å². The fraction of sp³-hybridized carbons (Fsp3) is 0.684. The van der Waals surface area contributed by atoms with Crippen LogP contribution in [0.25, 0.3) is 0 Å². The van der Waals surface area contributed by atoms with Crippen LogP contribution < -0.4 is 5.46 Å². The molecule has 0 bridgehead atoms. The molecule has 1 aliphatic rings. The third kappa shape index (κ3) is 4.55. The molecule has 2 rings (SSSR count). The molecule has 22 heavy (non-hydrogen) atoms. The van der Waals surface area contributed by atoms with Gasteiger partial charge < -0.3 is 4.90 Å². The third-order valence-electron chi connectivity index (χ3n) is 5.63. The standard InChI is InChI=1S/C19H31BNS/c1-18(2,19(3,4)22)14-20-17-8-6-15(7-9-17)16-10-12-21(5)13-11-16/h6-9,16,22H,10-14H2,1-5H3. The monoisotopic (exact) mass is 316 g/mol. The van der Waals surface area contributed by atoms with Crippen molar-refractivity contribution in [2.24, 2.45) is 5.41 Å². The minimum absolute atomic E-state index is 0.0254. The van der Waals surface area contributed by atoms with E-state index < -0.39 is 0 Å². The van der Waals surface area contributed by atoms with Gasteiger partial charge in [-0.1, -0.05) is 63.7 Å². The summed E-state index contributed by atoms with van der Waals surface area (Å²) in [5.74, 6) is 0.748. The second-order valence-corrected chi connectivity index (χ2v) is 9.21. The van der Waals surface area contributed by atoms with Crippen molar-refractivity contribution < 1.29 is 0 Å². The van der Waals surface area contributed by atoms with Crippen LogP contribution in [0.2, 0.25) is 6.32 Å². The van der Waals surface area contributed by atoms with Crippen LogP contribution in [-0.2, 0) is 0 Å². The van der Waals surface area contributed by atoms with E-state index in [2.05, 4.69) is 71.2 Å². The zero-order valence-corrected chi connectivity index (χ0v) is 15.8. The Balaban J connectivity index is 1.92. The molecule has 1 aromatic carbocycles. The number of hydrogen-bond donors (Lipinski definition) is 1. The summed E-state index contributed by atoms with van der Waals surface area (Å²) in [5, 5.41) is 0. The second kappa shape index (κ2) is 7.01. The van der Waals surface area contributed by atoms with Crippen LogP contribution >= 0.6 is 12.6 Å². The Morgan fingerprint density at radius 2 is 1.64 bits per heavy atom. The van der Waals surface area contributed by atoms with Crippen LogP contribution in [0.15, 0.2) is 24.3 Å². The van der Waals surface area contributed by atoms with Crippen molar-refractivity contribution in [1.82, 2.24) is 4.90 Å². The Labute approximate surface area is 143 Å². The van der Waals surface area contributed by atoms with Crippen molar-refractivity contribution in [3.05, 3.63) is 29.8 Å². The summed E-state index contributed by atoms with van der Waals surface area (Å²) >= 11 is 4.75. The number of piperidine rings is 1. The van der Waals surface area contributed by atoms with Crippen molar-refractivity contribution in [2.75, 3.05) is 20.1 Å². The normalized spacial score (nSPS) is 18.5. The molecular weight excluding hydrogens is 285 g/mol. The predicted molar refractivity (Wildman–Crippen MR) is 103 cm³/mol. The van der Waals surface area contributed by atoms with E-state index in [0.717, 1.165) is 12.2 Å². The number of nitrogens with zero attached hydrogens (tertiary/aromatic N) is 1.